The maximum atomic E-state index is 12.0. The summed E-state index contributed by atoms with van der Waals surface area (Å²) in [7, 11) is 0. The Balaban J connectivity index is 1.37. The third kappa shape index (κ3) is 4.87. The van der Waals surface area contributed by atoms with Gasteiger partial charge in [0.15, 0.2) is 0 Å². The lowest BCUT2D eigenvalue weighted by atomic mass is 9.81. The molecule has 3 rings (SSSR count). The van der Waals surface area contributed by atoms with Gasteiger partial charge in [0.25, 0.3) is 0 Å². The van der Waals surface area contributed by atoms with Crippen molar-refractivity contribution in [2.24, 2.45) is 17.8 Å². The van der Waals surface area contributed by atoms with E-state index in [1.165, 1.54) is 6.42 Å². The van der Waals surface area contributed by atoms with Crippen LogP contribution in [0.2, 0.25) is 0 Å². The standard InChI is InChI=1S/C19H32N2O4/c1-19(2,3)25-18(23)21-11-16(12-21)15-8-5-9-20(10-15)13-24-17(22)14-6-4-7-14/h14-16H,4-13H2,1-3H3/t15-/m0/s1. The Morgan fingerprint density at radius 1 is 1.00 bits per heavy atom. The Morgan fingerprint density at radius 3 is 2.32 bits per heavy atom. The van der Waals surface area contributed by atoms with E-state index in [0.717, 1.165) is 51.9 Å². The Kier molecular flexibility index (Phi) is 5.56. The topological polar surface area (TPSA) is 59.1 Å². The van der Waals surface area contributed by atoms with Crippen LogP contribution in [0.1, 0.15) is 52.9 Å². The van der Waals surface area contributed by atoms with Crippen molar-refractivity contribution in [3.8, 4) is 0 Å². The minimum atomic E-state index is -0.436. The van der Waals surface area contributed by atoms with Crippen molar-refractivity contribution >= 4 is 12.1 Å². The van der Waals surface area contributed by atoms with Gasteiger partial charge in [-0.2, -0.15) is 0 Å². The van der Waals surface area contributed by atoms with E-state index < -0.39 is 5.60 Å². The highest BCUT2D eigenvalue weighted by atomic mass is 16.6. The zero-order valence-electron chi connectivity index (χ0n) is 15.8. The van der Waals surface area contributed by atoms with Crippen molar-refractivity contribution in [3.05, 3.63) is 0 Å². The quantitative estimate of drug-likeness (QED) is 0.728. The number of ether oxygens (including phenoxy) is 2. The summed E-state index contributed by atoms with van der Waals surface area (Å²) in [6.45, 7) is 9.64. The maximum absolute atomic E-state index is 12.0. The number of amides is 1. The summed E-state index contributed by atoms with van der Waals surface area (Å²) in [5, 5.41) is 0. The molecule has 1 aliphatic carbocycles. The van der Waals surface area contributed by atoms with Gasteiger partial charge in [0.2, 0.25) is 0 Å². The molecule has 0 radical (unpaired) electrons. The van der Waals surface area contributed by atoms with E-state index in [2.05, 4.69) is 4.90 Å². The molecular formula is C19H32N2O4. The molecule has 0 aromatic rings. The van der Waals surface area contributed by atoms with Crippen LogP contribution in [-0.2, 0) is 14.3 Å². The van der Waals surface area contributed by atoms with E-state index in [9.17, 15) is 9.59 Å². The van der Waals surface area contributed by atoms with Crippen molar-refractivity contribution in [1.29, 1.82) is 0 Å². The minimum Gasteiger partial charge on any atom is -0.449 e. The molecule has 1 atom stereocenters. The van der Waals surface area contributed by atoms with Crippen molar-refractivity contribution in [2.75, 3.05) is 32.9 Å². The van der Waals surface area contributed by atoms with Gasteiger partial charge in [0.1, 0.15) is 12.3 Å². The Morgan fingerprint density at radius 2 is 1.72 bits per heavy atom. The SMILES string of the molecule is CC(C)(C)OC(=O)N1CC([C@H]2CCCN(COC(=O)C3CCC3)C2)C1. The van der Waals surface area contributed by atoms with E-state index >= 15 is 0 Å². The van der Waals surface area contributed by atoms with Crippen molar-refractivity contribution < 1.29 is 19.1 Å². The third-order valence-electron chi connectivity index (χ3n) is 5.60. The molecule has 0 unspecified atom stereocenters. The van der Waals surface area contributed by atoms with Crippen LogP contribution in [0.3, 0.4) is 0 Å². The van der Waals surface area contributed by atoms with Crippen molar-refractivity contribution in [1.82, 2.24) is 9.80 Å². The highest BCUT2D eigenvalue weighted by Crippen LogP contribution is 2.32. The zero-order valence-corrected chi connectivity index (χ0v) is 15.8. The fourth-order valence-electron chi connectivity index (χ4n) is 3.80. The van der Waals surface area contributed by atoms with E-state index in [4.69, 9.17) is 9.47 Å². The van der Waals surface area contributed by atoms with Crippen LogP contribution in [0, 0.1) is 17.8 Å². The van der Waals surface area contributed by atoms with Gasteiger partial charge in [-0.05, 0) is 58.3 Å². The molecule has 0 N–H and O–H groups in total. The molecule has 0 aromatic carbocycles. The van der Waals surface area contributed by atoms with Gasteiger partial charge in [0.05, 0.1) is 5.92 Å². The van der Waals surface area contributed by atoms with Crippen LogP contribution in [0.4, 0.5) is 4.79 Å². The summed E-state index contributed by atoms with van der Waals surface area (Å²) in [4.78, 5) is 28.0. The first-order valence-electron chi connectivity index (χ1n) is 9.69. The predicted molar refractivity (Wildman–Crippen MR) is 93.9 cm³/mol. The van der Waals surface area contributed by atoms with E-state index in [-0.39, 0.29) is 18.0 Å². The fraction of sp³-hybridized carbons (Fsp3) is 0.895. The molecule has 1 amide bonds. The largest absolute Gasteiger partial charge is 0.449 e. The smallest absolute Gasteiger partial charge is 0.410 e. The average Bonchev–Trinajstić information content (AvgIpc) is 2.40. The molecule has 2 saturated heterocycles. The molecule has 3 aliphatic rings. The van der Waals surface area contributed by atoms with Crippen LogP contribution in [-0.4, -0.2) is 60.4 Å². The summed E-state index contributed by atoms with van der Waals surface area (Å²) in [5.41, 5.74) is -0.436. The average molecular weight is 352 g/mol. The summed E-state index contributed by atoms with van der Waals surface area (Å²) in [6.07, 6.45) is 5.26. The second-order valence-electron chi connectivity index (χ2n) is 8.85. The monoisotopic (exact) mass is 352 g/mol. The number of hydrogen-bond donors (Lipinski definition) is 0. The molecule has 3 fully saturated rings. The van der Waals surface area contributed by atoms with Crippen molar-refractivity contribution in [2.45, 2.75) is 58.5 Å². The molecule has 6 heteroatoms. The maximum Gasteiger partial charge on any atom is 0.410 e. The molecule has 2 heterocycles. The van der Waals surface area contributed by atoms with Crippen molar-refractivity contribution in [3.63, 3.8) is 0 Å². The summed E-state index contributed by atoms with van der Waals surface area (Å²) in [5.74, 6) is 1.25. The van der Waals surface area contributed by atoms with Gasteiger partial charge in [0, 0.05) is 26.2 Å². The molecule has 0 aromatic heterocycles. The predicted octanol–water partition coefficient (Wildman–Crippen LogP) is 2.87. The van der Waals surface area contributed by atoms with Gasteiger partial charge >= 0.3 is 12.1 Å². The second-order valence-corrected chi connectivity index (χ2v) is 8.85. The number of likely N-dealkylation sites (tertiary alicyclic amines) is 2. The number of nitrogens with zero attached hydrogens (tertiary/aromatic N) is 2. The molecule has 142 valence electrons. The molecule has 6 nitrogen and oxygen atoms in total. The molecule has 25 heavy (non-hydrogen) atoms. The van der Waals surface area contributed by atoms with Gasteiger partial charge in [-0.3, -0.25) is 9.69 Å². The highest BCUT2D eigenvalue weighted by molar-refractivity contribution is 5.73. The lowest BCUT2D eigenvalue weighted by Gasteiger charge is -2.46. The van der Waals surface area contributed by atoms with Gasteiger partial charge in [-0.25, -0.2) is 4.79 Å². The number of esters is 1. The fourth-order valence-corrected chi connectivity index (χ4v) is 3.80. The summed E-state index contributed by atoms with van der Waals surface area (Å²) >= 11 is 0. The minimum absolute atomic E-state index is 0.0203. The van der Waals surface area contributed by atoms with Crippen LogP contribution in [0.5, 0.6) is 0 Å². The first kappa shape index (κ1) is 18.5. The summed E-state index contributed by atoms with van der Waals surface area (Å²) in [6, 6.07) is 0. The first-order chi connectivity index (χ1) is 11.8. The number of carbonyl (C=O) groups is 2. The van der Waals surface area contributed by atoms with Crippen LogP contribution < -0.4 is 0 Å². The third-order valence-corrected chi connectivity index (χ3v) is 5.60. The first-order valence-corrected chi connectivity index (χ1v) is 9.69. The van der Waals surface area contributed by atoms with Crippen LogP contribution >= 0.6 is 0 Å². The number of piperidine rings is 1. The Hall–Kier alpha value is -1.30. The van der Waals surface area contributed by atoms with E-state index in [0.29, 0.717) is 18.6 Å². The number of rotatable bonds is 4. The van der Waals surface area contributed by atoms with Gasteiger partial charge in [-0.1, -0.05) is 6.42 Å². The molecular weight excluding hydrogens is 320 g/mol. The number of carbonyl (C=O) groups excluding carboxylic acids is 2. The van der Waals surface area contributed by atoms with E-state index in [1.807, 2.05) is 20.8 Å². The van der Waals surface area contributed by atoms with Crippen LogP contribution in [0.25, 0.3) is 0 Å². The van der Waals surface area contributed by atoms with Crippen LogP contribution in [0.15, 0.2) is 0 Å². The Bertz CT molecular complexity index is 492. The molecule has 0 bridgehead atoms. The highest BCUT2D eigenvalue weighted by Gasteiger charge is 2.39. The van der Waals surface area contributed by atoms with Gasteiger partial charge in [-0.15, -0.1) is 0 Å². The molecule has 0 spiro atoms. The normalized spacial score (nSPS) is 25.9. The van der Waals surface area contributed by atoms with E-state index in [1.54, 1.807) is 4.90 Å². The lowest BCUT2D eigenvalue weighted by Crippen LogP contribution is -2.56. The Labute approximate surface area is 150 Å². The lowest BCUT2D eigenvalue weighted by molar-refractivity contribution is -0.157. The zero-order chi connectivity index (χ0) is 18.0. The second kappa shape index (κ2) is 7.52. The molecule has 2 aliphatic heterocycles. The molecule has 1 saturated carbocycles. The van der Waals surface area contributed by atoms with Gasteiger partial charge < -0.3 is 14.4 Å². The summed E-state index contributed by atoms with van der Waals surface area (Å²) < 4.78 is 10.9. The number of hydrogen-bond acceptors (Lipinski definition) is 5.